The van der Waals surface area contributed by atoms with E-state index >= 15 is 0 Å². The highest BCUT2D eigenvalue weighted by Gasteiger charge is 2.61. The lowest BCUT2D eigenvalue weighted by Gasteiger charge is -2.54. The highest BCUT2D eigenvalue weighted by molar-refractivity contribution is 6.74. The molecule has 5 nitrogen and oxygen atoms in total. The van der Waals surface area contributed by atoms with E-state index < -0.39 is 38.2 Å². The largest absolute Gasteiger partial charge is 0.413 e. The molecule has 0 aliphatic carbocycles. The van der Waals surface area contributed by atoms with E-state index in [4.69, 9.17) is 13.3 Å². The minimum absolute atomic E-state index is 0.0143. The molecule has 8 heteroatoms. The minimum Gasteiger partial charge on any atom is -0.413 e. The van der Waals surface area contributed by atoms with Crippen molar-refractivity contribution in [3.8, 4) is 0 Å². The van der Waals surface area contributed by atoms with Crippen molar-refractivity contribution in [2.45, 2.75) is 117 Å². The molecular formula is C21H47NO4Si3. The molecule has 1 amide bonds. The maximum absolute atomic E-state index is 12.8. The normalized spacial score (nSPS) is 26.5. The van der Waals surface area contributed by atoms with Crippen LogP contribution < -0.4 is 5.32 Å². The molecule has 1 aliphatic rings. The number of hydrogen-bond donors (Lipinski definition) is 1. The number of amides is 1. The molecule has 1 saturated heterocycles. The topological polar surface area (TPSA) is 56.8 Å². The summed E-state index contributed by atoms with van der Waals surface area (Å²) in [5.41, 5.74) is 0.929. The Kier molecular flexibility index (Phi) is 8.99. The van der Waals surface area contributed by atoms with Crippen molar-refractivity contribution < 1.29 is 18.1 Å². The lowest BCUT2D eigenvalue weighted by molar-refractivity contribution is -0.246. The van der Waals surface area contributed by atoms with Gasteiger partial charge in [0.05, 0.1) is 6.10 Å². The molecule has 0 spiro atoms. The van der Waals surface area contributed by atoms with Crippen LogP contribution in [-0.4, -0.2) is 44.3 Å². The van der Waals surface area contributed by atoms with E-state index in [0.717, 1.165) is 0 Å². The molecule has 0 aromatic carbocycles. The third kappa shape index (κ3) is 5.83. The number of carbonyl (C=O) groups excluding carboxylic acids is 1. The number of nitrogens with one attached hydrogen (secondary N) is 1. The van der Waals surface area contributed by atoms with E-state index in [1.54, 1.807) is 0 Å². The Morgan fingerprint density at radius 3 is 1.69 bits per heavy atom. The molecule has 0 bridgehead atoms. The van der Waals surface area contributed by atoms with Crippen LogP contribution in [0.25, 0.3) is 0 Å². The number of hydrogen-bond acceptors (Lipinski definition) is 4. The fourth-order valence-corrected chi connectivity index (χ4v) is 8.42. The van der Waals surface area contributed by atoms with Gasteiger partial charge in [0.25, 0.3) is 0 Å². The van der Waals surface area contributed by atoms with Gasteiger partial charge in [0.1, 0.15) is 5.92 Å². The molecule has 1 N–H and O–H groups in total. The number of rotatable bonds is 11. The van der Waals surface area contributed by atoms with Gasteiger partial charge in [0.15, 0.2) is 26.4 Å². The van der Waals surface area contributed by atoms with Crippen LogP contribution >= 0.6 is 0 Å². The first kappa shape index (κ1) is 27.0. The van der Waals surface area contributed by atoms with E-state index in [1.807, 2.05) is 6.92 Å². The Hall–Kier alpha value is 0.000649. The van der Waals surface area contributed by atoms with Crippen molar-refractivity contribution in [3.63, 3.8) is 0 Å². The molecule has 0 saturated carbocycles. The Labute approximate surface area is 184 Å². The van der Waals surface area contributed by atoms with Gasteiger partial charge in [-0.3, -0.25) is 4.79 Å². The second-order valence-corrected chi connectivity index (χ2v) is 21.5. The quantitative estimate of drug-likeness (QED) is 0.267. The van der Waals surface area contributed by atoms with Crippen molar-refractivity contribution in [1.29, 1.82) is 0 Å². The molecule has 1 rings (SSSR count). The molecule has 172 valence electrons. The van der Waals surface area contributed by atoms with Crippen molar-refractivity contribution in [2.75, 3.05) is 0 Å². The van der Waals surface area contributed by atoms with Crippen molar-refractivity contribution in [2.24, 2.45) is 11.8 Å². The summed E-state index contributed by atoms with van der Waals surface area (Å²) < 4.78 is 19.9. The molecule has 1 heterocycles. The van der Waals surface area contributed by atoms with Gasteiger partial charge in [0.2, 0.25) is 11.8 Å². The maximum atomic E-state index is 12.8. The first-order valence-corrected chi connectivity index (χ1v) is 18.8. The van der Waals surface area contributed by atoms with E-state index in [9.17, 15) is 4.79 Å². The zero-order valence-corrected chi connectivity index (χ0v) is 24.5. The SMILES string of the molecule is CC(O[Si](C)(C)C(C)(C)C(C)C)[C@@H]1C(=O)NC1(O[SiH](C)C(C)C)O[SiH](C)C(C)C. The van der Waals surface area contributed by atoms with Crippen LogP contribution in [0, 0.1) is 11.8 Å². The van der Waals surface area contributed by atoms with Crippen LogP contribution in [0.5, 0.6) is 0 Å². The Morgan fingerprint density at radius 2 is 1.38 bits per heavy atom. The van der Waals surface area contributed by atoms with Gasteiger partial charge in [-0.05, 0) is 55.2 Å². The lowest BCUT2D eigenvalue weighted by atomic mass is 9.91. The predicted octanol–water partition coefficient (Wildman–Crippen LogP) is 4.99. The molecular weight excluding hydrogens is 414 g/mol. The van der Waals surface area contributed by atoms with Crippen molar-refractivity contribution in [1.82, 2.24) is 5.32 Å². The van der Waals surface area contributed by atoms with Crippen LogP contribution in [0.2, 0.25) is 42.3 Å². The molecule has 0 aromatic heterocycles. The predicted molar refractivity (Wildman–Crippen MR) is 130 cm³/mol. The molecule has 3 unspecified atom stereocenters. The standard InChI is InChI=1S/C21H47NO4Si3/c1-14(2)20(8,9)29(12,13)24-17(7)18-19(23)22-21(18,25-27(10)15(3)4)26-28(11)16(5)6/h14-18,27-28H,1-13H3,(H,22,23)/t17?,18-,21?,27?,28?/m1/s1. The summed E-state index contributed by atoms with van der Waals surface area (Å²) in [5.74, 6) is -0.931. The molecule has 29 heavy (non-hydrogen) atoms. The van der Waals surface area contributed by atoms with Gasteiger partial charge in [-0.15, -0.1) is 0 Å². The van der Waals surface area contributed by atoms with Crippen LogP contribution in [-0.2, 0) is 18.1 Å². The smallest absolute Gasteiger partial charge is 0.246 e. The Bertz CT molecular complexity index is 550. The second-order valence-electron chi connectivity index (χ2n) is 11.0. The zero-order chi connectivity index (χ0) is 22.9. The summed E-state index contributed by atoms with van der Waals surface area (Å²) >= 11 is 0. The zero-order valence-electron chi connectivity index (χ0n) is 21.2. The molecule has 0 radical (unpaired) electrons. The van der Waals surface area contributed by atoms with E-state index in [-0.39, 0.29) is 17.0 Å². The van der Waals surface area contributed by atoms with Crippen molar-refractivity contribution >= 4 is 32.3 Å². The third-order valence-electron chi connectivity index (χ3n) is 7.53. The number of β-lactam (4-membered cyclic amide) rings is 1. The van der Waals surface area contributed by atoms with E-state index in [0.29, 0.717) is 17.0 Å². The van der Waals surface area contributed by atoms with Gasteiger partial charge >= 0.3 is 0 Å². The van der Waals surface area contributed by atoms with Crippen LogP contribution in [0.3, 0.4) is 0 Å². The molecule has 0 aromatic rings. The summed E-state index contributed by atoms with van der Waals surface area (Å²) in [7, 11) is -5.14. The van der Waals surface area contributed by atoms with Gasteiger partial charge in [-0.1, -0.05) is 55.4 Å². The average Bonchev–Trinajstić information content (AvgIpc) is 2.52. The lowest BCUT2D eigenvalue weighted by Crippen LogP contribution is -2.77. The monoisotopic (exact) mass is 461 g/mol. The summed E-state index contributed by atoms with van der Waals surface area (Å²) in [6, 6.07) is 0. The van der Waals surface area contributed by atoms with Gasteiger partial charge in [-0.25, -0.2) is 0 Å². The fourth-order valence-electron chi connectivity index (χ4n) is 3.38. The van der Waals surface area contributed by atoms with Crippen LogP contribution in [0.15, 0.2) is 0 Å². The van der Waals surface area contributed by atoms with Crippen LogP contribution in [0.1, 0.15) is 62.3 Å². The summed E-state index contributed by atoms with van der Waals surface area (Å²) in [6.07, 6.45) is -0.245. The maximum Gasteiger partial charge on any atom is 0.246 e. The molecule has 1 aliphatic heterocycles. The van der Waals surface area contributed by atoms with E-state index in [2.05, 4.69) is 86.9 Å². The van der Waals surface area contributed by atoms with E-state index in [1.165, 1.54) is 0 Å². The van der Waals surface area contributed by atoms with Crippen molar-refractivity contribution in [3.05, 3.63) is 0 Å². The third-order valence-corrected chi connectivity index (χ3v) is 17.4. The van der Waals surface area contributed by atoms with Gasteiger partial charge in [-0.2, -0.15) is 0 Å². The van der Waals surface area contributed by atoms with Gasteiger partial charge < -0.3 is 18.6 Å². The first-order chi connectivity index (χ1) is 13.0. The summed E-state index contributed by atoms with van der Waals surface area (Å²) in [4.78, 5) is 12.8. The molecule has 4 atom stereocenters. The first-order valence-electron chi connectivity index (χ1n) is 11.3. The Morgan fingerprint density at radius 1 is 0.966 bits per heavy atom. The highest BCUT2D eigenvalue weighted by atomic mass is 28.4. The minimum atomic E-state index is -2.09. The van der Waals surface area contributed by atoms with Crippen LogP contribution in [0.4, 0.5) is 0 Å². The average molecular weight is 462 g/mol. The number of carbonyl (C=O) groups is 1. The fraction of sp³-hybridized carbons (Fsp3) is 0.952. The Balaban J connectivity index is 3.17. The van der Waals surface area contributed by atoms with Gasteiger partial charge in [0, 0.05) is 0 Å². The highest BCUT2D eigenvalue weighted by Crippen LogP contribution is 2.47. The summed E-state index contributed by atoms with van der Waals surface area (Å²) in [5, 5.41) is 3.12. The second kappa shape index (κ2) is 9.65. The summed E-state index contributed by atoms with van der Waals surface area (Å²) in [6.45, 7) is 28.8. The molecule has 1 fully saturated rings.